The van der Waals surface area contributed by atoms with Gasteiger partial charge in [0.25, 0.3) is 0 Å². The number of rotatable bonds is 4. The minimum Gasteiger partial charge on any atom is -0.472 e. The first-order valence-electron chi connectivity index (χ1n) is 6.37. The number of furan rings is 1. The van der Waals surface area contributed by atoms with Gasteiger partial charge in [0, 0.05) is 32.2 Å². The van der Waals surface area contributed by atoms with Crippen molar-refractivity contribution in [3.8, 4) is 0 Å². The zero-order valence-electron chi connectivity index (χ0n) is 11.2. The zero-order chi connectivity index (χ0) is 14.2. The predicted octanol–water partition coefficient (Wildman–Crippen LogP) is 1.70. The maximum absolute atomic E-state index is 12.5. The van der Waals surface area contributed by atoms with E-state index in [2.05, 4.69) is 5.32 Å². The molecule has 0 amide bonds. The maximum Gasteiger partial charge on any atom is 0.243 e. The minimum absolute atomic E-state index is 0.300. The number of sulfonamides is 1. The van der Waals surface area contributed by atoms with Gasteiger partial charge < -0.3 is 9.73 Å². The number of fused-ring (bicyclic) bond motifs is 1. The van der Waals surface area contributed by atoms with Crippen LogP contribution >= 0.6 is 0 Å². The highest BCUT2D eigenvalue weighted by atomic mass is 32.2. The van der Waals surface area contributed by atoms with Crippen LogP contribution in [-0.2, 0) is 29.7 Å². The first kappa shape index (κ1) is 13.4. The van der Waals surface area contributed by atoms with E-state index in [1.165, 1.54) is 16.1 Å². The zero-order valence-corrected chi connectivity index (χ0v) is 12.0. The van der Waals surface area contributed by atoms with Crippen LogP contribution in [0.1, 0.15) is 16.7 Å². The molecule has 1 aliphatic heterocycles. The first-order valence-corrected chi connectivity index (χ1v) is 7.81. The molecule has 0 saturated carbocycles. The highest BCUT2D eigenvalue weighted by Gasteiger charge is 2.23. The van der Waals surface area contributed by atoms with Crippen LogP contribution in [0.4, 0.5) is 0 Å². The Morgan fingerprint density at radius 1 is 1.25 bits per heavy atom. The van der Waals surface area contributed by atoms with Gasteiger partial charge in [-0.3, -0.25) is 0 Å². The molecule has 106 valence electrons. The van der Waals surface area contributed by atoms with E-state index in [4.69, 9.17) is 4.42 Å². The fourth-order valence-corrected chi connectivity index (χ4v) is 3.55. The van der Waals surface area contributed by atoms with Gasteiger partial charge in [-0.1, -0.05) is 6.07 Å². The molecule has 2 aromatic rings. The van der Waals surface area contributed by atoms with Crippen molar-refractivity contribution in [1.29, 1.82) is 0 Å². The molecule has 1 N–H and O–H groups in total. The monoisotopic (exact) mass is 292 g/mol. The number of hydrogen-bond donors (Lipinski definition) is 1. The van der Waals surface area contributed by atoms with Crippen molar-refractivity contribution in [3.63, 3.8) is 0 Å². The first-order chi connectivity index (χ1) is 9.57. The fraction of sp³-hybridized carbons (Fsp3) is 0.286. The average molecular weight is 292 g/mol. The Labute approximate surface area is 118 Å². The lowest BCUT2D eigenvalue weighted by Gasteiger charge is -2.17. The van der Waals surface area contributed by atoms with Crippen LogP contribution in [-0.4, -0.2) is 19.8 Å². The van der Waals surface area contributed by atoms with Crippen LogP contribution < -0.4 is 5.32 Å². The van der Waals surface area contributed by atoms with Crippen molar-refractivity contribution in [1.82, 2.24) is 9.62 Å². The van der Waals surface area contributed by atoms with E-state index < -0.39 is 10.0 Å². The Balaban J connectivity index is 1.87. The van der Waals surface area contributed by atoms with Gasteiger partial charge in [-0.2, -0.15) is 4.31 Å². The van der Waals surface area contributed by atoms with Gasteiger partial charge in [0.2, 0.25) is 10.0 Å². The summed E-state index contributed by atoms with van der Waals surface area (Å²) in [6.07, 6.45) is 3.09. The van der Waals surface area contributed by atoms with Crippen LogP contribution in [0, 0.1) is 0 Å². The molecule has 2 heterocycles. The van der Waals surface area contributed by atoms with E-state index in [1.807, 2.05) is 6.07 Å². The standard InChI is InChI=1S/C14H16N2O3S/c1-16(9-11-4-5-19-10-11)20(17,18)14-3-2-12-7-15-8-13(12)6-14/h2-6,10,15H,7-9H2,1H3. The molecule has 0 fully saturated rings. The summed E-state index contributed by atoms with van der Waals surface area (Å²) >= 11 is 0. The molecule has 0 radical (unpaired) electrons. The average Bonchev–Trinajstić information content (AvgIpc) is 3.07. The minimum atomic E-state index is -3.47. The quantitative estimate of drug-likeness (QED) is 0.931. The molecular formula is C14H16N2O3S. The number of hydrogen-bond acceptors (Lipinski definition) is 4. The van der Waals surface area contributed by atoms with Crippen LogP contribution in [0.5, 0.6) is 0 Å². The number of nitrogens with one attached hydrogen (secondary N) is 1. The third-order valence-corrected chi connectivity index (χ3v) is 5.30. The molecule has 0 aliphatic carbocycles. The molecule has 0 bridgehead atoms. The summed E-state index contributed by atoms with van der Waals surface area (Å²) in [7, 11) is -1.90. The molecule has 0 saturated heterocycles. The molecule has 6 heteroatoms. The van der Waals surface area contributed by atoms with Crippen molar-refractivity contribution in [3.05, 3.63) is 53.5 Å². The number of nitrogens with zero attached hydrogens (tertiary/aromatic N) is 1. The Bertz CT molecular complexity index is 708. The van der Waals surface area contributed by atoms with Crippen molar-refractivity contribution in [2.24, 2.45) is 0 Å². The van der Waals surface area contributed by atoms with Gasteiger partial charge in [-0.25, -0.2) is 8.42 Å². The summed E-state index contributed by atoms with van der Waals surface area (Å²) in [4.78, 5) is 0.339. The molecule has 0 atom stereocenters. The molecule has 1 aromatic carbocycles. The van der Waals surface area contributed by atoms with E-state index >= 15 is 0 Å². The third kappa shape index (κ3) is 2.37. The lowest BCUT2D eigenvalue weighted by molar-refractivity contribution is 0.463. The molecule has 5 nitrogen and oxygen atoms in total. The Hall–Kier alpha value is -1.63. The van der Waals surface area contributed by atoms with Crippen LogP contribution in [0.2, 0.25) is 0 Å². The van der Waals surface area contributed by atoms with Crippen molar-refractivity contribution >= 4 is 10.0 Å². The normalized spacial score (nSPS) is 14.7. The second-order valence-corrected chi connectivity index (χ2v) is 6.97. The highest BCUT2D eigenvalue weighted by Crippen LogP contribution is 2.23. The van der Waals surface area contributed by atoms with Crippen molar-refractivity contribution < 1.29 is 12.8 Å². The highest BCUT2D eigenvalue weighted by molar-refractivity contribution is 7.89. The third-order valence-electron chi connectivity index (χ3n) is 3.50. The molecule has 20 heavy (non-hydrogen) atoms. The molecular weight excluding hydrogens is 276 g/mol. The van der Waals surface area contributed by atoms with Gasteiger partial charge in [-0.05, 0) is 29.3 Å². The van der Waals surface area contributed by atoms with Gasteiger partial charge in [-0.15, -0.1) is 0 Å². The van der Waals surface area contributed by atoms with E-state index in [0.717, 1.165) is 24.2 Å². The topological polar surface area (TPSA) is 62.6 Å². The lowest BCUT2D eigenvalue weighted by Crippen LogP contribution is -2.26. The second-order valence-electron chi connectivity index (χ2n) is 4.93. The van der Waals surface area contributed by atoms with E-state index in [9.17, 15) is 8.42 Å². The summed E-state index contributed by atoms with van der Waals surface area (Å²) in [5.41, 5.74) is 3.06. The second kappa shape index (κ2) is 5.05. The Kier molecular flexibility index (Phi) is 3.37. The summed E-state index contributed by atoms with van der Waals surface area (Å²) < 4.78 is 31.4. The van der Waals surface area contributed by atoms with Crippen LogP contribution in [0.3, 0.4) is 0 Å². The van der Waals surface area contributed by atoms with Crippen LogP contribution in [0.15, 0.2) is 46.1 Å². The molecule has 1 aromatic heterocycles. The van der Waals surface area contributed by atoms with Gasteiger partial charge in [0.05, 0.1) is 17.4 Å². The summed E-state index contributed by atoms with van der Waals surface area (Å²) in [6.45, 7) is 1.83. The van der Waals surface area contributed by atoms with Crippen molar-refractivity contribution in [2.75, 3.05) is 7.05 Å². The smallest absolute Gasteiger partial charge is 0.243 e. The molecule has 0 unspecified atom stereocenters. The maximum atomic E-state index is 12.5. The van der Waals surface area contributed by atoms with Gasteiger partial charge in [0.15, 0.2) is 0 Å². The lowest BCUT2D eigenvalue weighted by atomic mass is 10.1. The summed E-state index contributed by atoms with van der Waals surface area (Å²) in [6, 6.07) is 7.08. The fourth-order valence-electron chi connectivity index (χ4n) is 2.34. The van der Waals surface area contributed by atoms with Crippen LogP contribution in [0.25, 0.3) is 0 Å². The predicted molar refractivity (Wildman–Crippen MR) is 74.3 cm³/mol. The van der Waals surface area contributed by atoms with E-state index in [1.54, 1.807) is 31.5 Å². The molecule has 0 spiro atoms. The summed E-state index contributed by atoms with van der Waals surface area (Å²) in [5.74, 6) is 0. The Morgan fingerprint density at radius 3 is 2.80 bits per heavy atom. The summed E-state index contributed by atoms with van der Waals surface area (Å²) in [5, 5.41) is 3.21. The van der Waals surface area contributed by atoms with Gasteiger partial charge >= 0.3 is 0 Å². The van der Waals surface area contributed by atoms with Crippen molar-refractivity contribution in [2.45, 2.75) is 24.5 Å². The molecule has 1 aliphatic rings. The largest absolute Gasteiger partial charge is 0.472 e. The SMILES string of the molecule is CN(Cc1ccoc1)S(=O)(=O)c1ccc2c(c1)CNC2. The Morgan fingerprint density at radius 2 is 2.05 bits per heavy atom. The number of benzene rings is 1. The molecule has 3 rings (SSSR count). The van der Waals surface area contributed by atoms with E-state index in [-0.39, 0.29) is 0 Å². The van der Waals surface area contributed by atoms with Gasteiger partial charge in [0.1, 0.15) is 0 Å². The van der Waals surface area contributed by atoms with E-state index in [0.29, 0.717) is 11.4 Å².